The lowest BCUT2D eigenvalue weighted by Gasteiger charge is -2.21. The van der Waals surface area contributed by atoms with Gasteiger partial charge >= 0.3 is 33.3 Å². The second-order valence-corrected chi connectivity index (χ2v) is 20.8. The predicted octanol–water partition coefficient (Wildman–Crippen LogP) is 8.66. The van der Waals surface area contributed by atoms with Crippen LogP contribution in [0.3, 0.4) is 0 Å². The average Bonchev–Trinajstić information content (AvgIpc) is 3.97. The maximum atomic E-state index is 12.8. The zero-order chi connectivity index (χ0) is 48.9. The maximum Gasteiger partial charge on any atom is 0.481 e. The van der Waals surface area contributed by atoms with Crippen molar-refractivity contribution < 1.29 is 71.0 Å². The number of ether oxygens (including phenoxy) is 4. The first-order valence-electron chi connectivity index (χ1n) is 24.8. The van der Waals surface area contributed by atoms with E-state index in [0.29, 0.717) is 25.0 Å². The number of aliphatic hydroxyl groups is 2. The minimum absolute atomic E-state index is 0.0486. The van der Waals surface area contributed by atoms with Crippen molar-refractivity contribution >= 4 is 33.4 Å². The normalized spacial score (nSPS) is 22.7. The Hall–Kier alpha value is -2.54. The van der Waals surface area contributed by atoms with Gasteiger partial charge in [0.15, 0.2) is 12.3 Å². The van der Waals surface area contributed by atoms with Gasteiger partial charge in [0.25, 0.3) is 0 Å². The van der Waals surface area contributed by atoms with E-state index in [1.165, 1.54) is 76.7 Å². The molecular weight excluding hydrogens is 912 g/mol. The molecule has 0 aliphatic carbocycles. The molecule has 9 atom stereocenters. The van der Waals surface area contributed by atoms with Crippen LogP contribution in [-0.2, 0) is 51.0 Å². The molecule has 386 valence electrons. The number of phosphoric acid groups is 2. The van der Waals surface area contributed by atoms with Gasteiger partial charge in [-0.25, -0.2) is 13.9 Å². The zero-order valence-electron chi connectivity index (χ0n) is 39.9. The van der Waals surface area contributed by atoms with Gasteiger partial charge in [-0.2, -0.15) is 9.29 Å². The van der Waals surface area contributed by atoms with Gasteiger partial charge in [-0.3, -0.25) is 23.2 Å². The van der Waals surface area contributed by atoms with E-state index in [0.717, 1.165) is 81.4 Å². The maximum absolute atomic E-state index is 12.8. The SMILES string of the molecule is CCCCC/C=C\CC1OC1CCCCCCCC(=O)OC[C@H](COP(=O)(O)OP(=O)(O)OC[C@H]1O[C@@H](n2ccc(N)nc2=O)[C@H](O)[C@@H]1O)OC(=O)CCCCCCCCCCCCCCC. The lowest BCUT2D eigenvalue weighted by molar-refractivity contribution is -0.161. The summed E-state index contributed by atoms with van der Waals surface area (Å²) in [5.74, 6) is -1.31. The predicted molar refractivity (Wildman–Crippen MR) is 252 cm³/mol. The van der Waals surface area contributed by atoms with Gasteiger partial charge in [-0.1, -0.05) is 142 Å². The highest BCUT2D eigenvalue weighted by molar-refractivity contribution is 7.61. The summed E-state index contributed by atoms with van der Waals surface area (Å²) in [6.07, 6.45) is 24.5. The number of aromatic nitrogens is 2. The fourth-order valence-corrected chi connectivity index (χ4v) is 9.90. The highest BCUT2D eigenvalue weighted by atomic mass is 31.3. The fraction of sp³-hybridized carbons (Fsp3) is 0.826. The van der Waals surface area contributed by atoms with E-state index in [1.807, 2.05) is 0 Å². The number of nitrogen functional groups attached to an aromatic ring is 1. The number of anilines is 1. The van der Waals surface area contributed by atoms with Crippen molar-refractivity contribution in [1.29, 1.82) is 0 Å². The van der Waals surface area contributed by atoms with Gasteiger partial charge in [0.1, 0.15) is 30.7 Å². The number of nitrogens with zero attached hydrogens (tertiary/aromatic N) is 2. The van der Waals surface area contributed by atoms with E-state index in [9.17, 15) is 43.5 Å². The summed E-state index contributed by atoms with van der Waals surface area (Å²) < 4.78 is 62.5. The number of rotatable bonds is 40. The number of esters is 2. The van der Waals surface area contributed by atoms with Gasteiger partial charge in [0.05, 0.1) is 25.4 Å². The summed E-state index contributed by atoms with van der Waals surface area (Å²) in [5, 5.41) is 20.9. The lowest BCUT2D eigenvalue weighted by Crippen LogP contribution is -2.36. The molecule has 2 saturated heterocycles. The summed E-state index contributed by atoms with van der Waals surface area (Å²) in [6.45, 7) is 2.11. The van der Waals surface area contributed by atoms with E-state index >= 15 is 0 Å². The fourth-order valence-electron chi connectivity index (χ4n) is 7.79. The molecule has 4 unspecified atom stereocenters. The Kier molecular flexibility index (Phi) is 29.1. The van der Waals surface area contributed by atoms with E-state index in [4.69, 9.17) is 33.7 Å². The molecule has 0 spiro atoms. The average molecular weight is 994 g/mol. The number of unbranched alkanes of at least 4 members (excludes halogenated alkanes) is 19. The van der Waals surface area contributed by atoms with Crippen LogP contribution in [0.15, 0.2) is 29.2 Å². The van der Waals surface area contributed by atoms with E-state index in [-0.39, 0.29) is 18.7 Å². The third-order valence-corrected chi connectivity index (χ3v) is 14.4. The summed E-state index contributed by atoms with van der Waals surface area (Å²) >= 11 is 0. The van der Waals surface area contributed by atoms with Crippen molar-refractivity contribution in [2.75, 3.05) is 25.6 Å². The summed E-state index contributed by atoms with van der Waals surface area (Å²) in [4.78, 5) is 61.9. The Labute approximate surface area is 397 Å². The lowest BCUT2D eigenvalue weighted by atomic mass is 10.0. The standard InChI is InChI=1S/C46H81N3O16P2/c1-3-5-7-9-11-12-13-14-15-16-17-21-26-30-42(51)62-36(33-59-41(50)29-25-22-18-20-24-28-38-37(63-38)27-23-19-10-8-6-4-2)34-60-66(55,56)65-67(57,58)61-35-39-43(52)44(53)45(64-39)49-32-31-40(47)48-46(49)54/h19,23,31-32,36-39,43-45,52-53H,3-18,20-22,24-30,33-35H2,1-2H3,(H,55,56)(H,57,58)(H2,47,48,54)/b23-19-/t36-,37?,38?,39-,43-,44-,45-/m1/s1. The second-order valence-electron chi connectivity index (χ2n) is 17.7. The van der Waals surface area contributed by atoms with Crippen molar-refractivity contribution in [3.63, 3.8) is 0 Å². The molecule has 67 heavy (non-hydrogen) atoms. The summed E-state index contributed by atoms with van der Waals surface area (Å²) in [5.41, 5.74) is 4.59. The Bertz CT molecular complexity index is 1740. The molecule has 0 amide bonds. The largest absolute Gasteiger partial charge is 0.481 e. The molecule has 19 nitrogen and oxygen atoms in total. The monoisotopic (exact) mass is 994 g/mol. The second kappa shape index (κ2) is 33.1. The number of phosphoric ester groups is 2. The van der Waals surface area contributed by atoms with E-state index in [1.54, 1.807) is 0 Å². The number of allylic oxidation sites excluding steroid dienone is 1. The minimum Gasteiger partial charge on any atom is -0.462 e. The van der Waals surface area contributed by atoms with E-state index < -0.39 is 83.7 Å². The first-order valence-corrected chi connectivity index (χ1v) is 27.8. The highest BCUT2D eigenvalue weighted by Crippen LogP contribution is 2.60. The molecule has 1 aromatic heterocycles. The third-order valence-electron chi connectivity index (χ3n) is 11.8. The Morgan fingerprint density at radius 3 is 1.93 bits per heavy atom. The topological polar surface area (TPSA) is 278 Å². The third kappa shape index (κ3) is 25.8. The van der Waals surface area contributed by atoms with Crippen LogP contribution in [-0.4, -0.2) is 97.9 Å². The van der Waals surface area contributed by atoms with Crippen LogP contribution in [0.5, 0.6) is 0 Å². The summed E-state index contributed by atoms with van der Waals surface area (Å²) in [6, 6.07) is 1.25. The molecule has 1 aromatic rings. The number of carbonyl (C=O) groups is 2. The zero-order valence-corrected chi connectivity index (χ0v) is 41.7. The molecule has 21 heteroatoms. The van der Waals surface area contributed by atoms with Crippen molar-refractivity contribution in [1.82, 2.24) is 9.55 Å². The van der Waals surface area contributed by atoms with Crippen molar-refractivity contribution in [3.05, 3.63) is 34.9 Å². The van der Waals surface area contributed by atoms with Crippen molar-refractivity contribution in [2.24, 2.45) is 0 Å². The number of hydrogen-bond acceptors (Lipinski definition) is 16. The van der Waals surface area contributed by atoms with Crippen molar-refractivity contribution in [3.8, 4) is 0 Å². The number of epoxide rings is 1. The molecule has 0 bridgehead atoms. The first-order chi connectivity index (χ1) is 32.1. The molecule has 0 saturated carbocycles. The number of nitrogens with two attached hydrogens (primary N) is 1. The van der Waals surface area contributed by atoms with Crippen LogP contribution in [0.1, 0.15) is 187 Å². The Balaban J connectivity index is 1.40. The van der Waals surface area contributed by atoms with Gasteiger partial charge in [-0.05, 0) is 44.6 Å². The number of carbonyl (C=O) groups excluding carboxylic acids is 2. The van der Waals surface area contributed by atoms with Crippen LogP contribution < -0.4 is 11.4 Å². The van der Waals surface area contributed by atoms with Gasteiger partial charge in [0, 0.05) is 19.0 Å². The smallest absolute Gasteiger partial charge is 0.462 e. The van der Waals surface area contributed by atoms with Gasteiger partial charge in [-0.15, -0.1) is 0 Å². The van der Waals surface area contributed by atoms with Gasteiger partial charge in [0.2, 0.25) is 0 Å². The minimum atomic E-state index is -5.42. The van der Waals surface area contributed by atoms with Crippen molar-refractivity contribution in [2.45, 2.75) is 224 Å². The molecule has 3 heterocycles. The molecular formula is C46H81N3O16P2. The van der Waals surface area contributed by atoms with Crippen LogP contribution in [0.25, 0.3) is 0 Å². The Morgan fingerprint density at radius 2 is 1.30 bits per heavy atom. The molecule has 3 rings (SSSR count). The molecule has 2 aliphatic heterocycles. The summed E-state index contributed by atoms with van der Waals surface area (Å²) in [7, 11) is -10.8. The van der Waals surface area contributed by atoms with Gasteiger partial charge < -0.3 is 44.7 Å². The molecule has 2 aliphatic rings. The molecule has 0 aromatic carbocycles. The first kappa shape index (κ1) is 58.8. The number of hydrogen-bond donors (Lipinski definition) is 5. The highest BCUT2D eigenvalue weighted by Gasteiger charge is 2.46. The molecule has 0 radical (unpaired) electrons. The Morgan fingerprint density at radius 1 is 0.731 bits per heavy atom. The number of aliphatic hydroxyl groups excluding tert-OH is 2. The molecule has 2 fully saturated rings. The van der Waals surface area contributed by atoms with E-state index in [2.05, 4.69) is 35.3 Å². The van der Waals surface area contributed by atoms with Crippen LogP contribution in [0.2, 0.25) is 0 Å². The van der Waals surface area contributed by atoms with Crippen LogP contribution in [0.4, 0.5) is 5.82 Å². The molecule has 6 N–H and O–H groups in total. The van der Waals surface area contributed by atoms with Crippen LogP contribution >= 0.6 is 15.6 Å². The quantitative estimate of drug-likeness (QED) is 0.0135. The van der Waals surface area contributed by atoms with Crippen LogP contribution in [0, 0.1) is 0 Å².